The molecule has 0 aliphatic carbocycles. The fraction of sp³-hybridized carbons (Fsp3) is 0.667. The lowest BCUT2D eigenvalue weighted by Gasteiger charge is -2.14. The molecule has 1 unspecified atom stereocenters. The Morgan fingerprint density at radius 2 is 2.35 bits per heavy atom. The van der Waals surface area contributed by atoms with E-state index in [9.17, 15) is 0 Å². The van der Waals surface area contributed by atoms with Crippen LogP contribution in [0.15, 0.2) is 6.07 Å². The molecule has 94 valence electrons. The fourth-order valence-corrected chi connectivity index (χ4v) is 2.46. The Hall–Kier alpha value is -0.870. The van der Waals surface area contributed by atoms with Gasteiger partial charge in [0.25, 0.3) is 0 Å². The number of halogens is 1. The zero-order valence-corrected chi connectivity index (χ0v) is 11.2. The molecule has 5 heteroatoms. The summed E-state index contributed by atoms with van der Waals surface area (Å²) in [5, 5.41) is 3.66. The highest BCUT2D eigenvalue weighted by atomic mass is 35.5. The van der Waals surface area contributed by atoms with Crippen LogP contribution in [-0.2, 0) is 0 Å². The van der Waals surface area contributed by atoms with Crippen molar-refractivity contribution in [1.29, 1.82) is 0 Å². The van der Waals surface area contributed by atoms with E-state index in [2.05, 4.69) is 27.1 Å². The van der Waals surface area contributed by atoms with Gasteiger partial charge in [0.05, 0.1) is 0 Å². The van der Waals surface area contributed by atoms with Crippen LogP contribution in [0, 0.1) is 12.8 Å². The molecule has 1 aliphatic rings. The minimum Gasteiger partial charge on any atom is -0.370 e. The molecular formula is C12H19ClN4. The van der Waals surface area contributed by atoms with Crippen molar-refractivity contribution >= 4 is 17.4 Å². The van der Waals surface area contributed by atoms with Crippen molar-refractivity contribution in [3.8, 4) is 0 Å². The van der Waals surface area contributed by atoms with E-state index < -0.39 is 0 Å². The van der Waals surface area contributed by atoms with Crippen molar-refractivity contribution in [3.63, 3.8) is 0 Å². The third-order valence-corrected chi connectivity index (χ3v) is 3.38. The first-order chi connectivity index (χ1) is 8.17. The van der Waals surface area contributed by atoms with E-state index in [1.54, 1.807) is 0 Å². The van der Waals surface area contributed by atoms with Crippen molar-refractivity contribution in [2.45, 2.75) is 20.3 Å². The summed E-state index contributed by atoms with van der Waals surface area (Å²) in [5.74, 6) is 1.54. The number of nitrogens with zero attached hydrogens (tertiary/aromatic N) is 3. The smallest absolute Gasteiger partial charge is 0.224 e. The van der Waals surface area contributed by atoms with E-state index >= 15 is 0 Å². The number of hydrogen-bond donors (Lipinski definition) is 1. The van der Waals surface area contributed by atoms with Gasteiger partial charge in [-0.05, 0) is 44.0 Å². The van der Waals surface area contributed by atoms with Gasteiger partial charge >= 0.3 is 0 Å². The maximum absolute atomic E-state index is 5.82. The first kappa shape index (κ1) is 12.6. The Morgan fingerprint density at radius 1 is 1.53 bits per heavy atom. The second kappa shape index (κ2) is 5.65. The maximum Gasteiger partial charge on any atom is 0.224 e. The molecule has 0 aromatic carbocycles. The first-order valence-electron chi connectivity index (χ1n) is 6.14. The summed E-state index contributed by atoms with van der Waals surface area (Å²) in [4.78, 5) is 10.7. The standard InChI is InChI=1S/C12H19ClN4/c1-3-17-5-4-10(8-17)7-14-11-6-9(2)15-12(13)16-11/h6,10H,3-5,7-8H2,1-2H3,(H,14,15,16). The molecule has 1 aliphatic heterocycles. The number of anilines is 1. The maximum atomic E-state index is 5.82. The van der Waals surface area contributed by atoms with Gasteiger partial charge in [0, 0.05) is 24.8 Å². The van der Waals surface area contributed by atoms with Crippen LogP contribution in [0.4, 0.5) is 5.82 Å². The summed E-state index contributed by atoms with van der Waals surface area (Å²) in [7, 11) is 0. The van der Waals surface area contributed by atoms with Crippen molar-refractivity contribution in [3.05, 3.63) is 17.0 Å². The lowest BCUT2D eigenvalue weighted by Crippen LogP contribution is -2.22. The van der Waals surface area contributed by atoms with Crippen LogP contribution in [0.3, 0.4) is 0 Å². The highest BCUT2D eigenvalue weighted by molar-refractivity contribution is 6.28. The van der Waals surface area contributed by atoms with Crippen LogP contribution in [0.1, 0.15) is 19.0 Å². The Balaban J connectivity index is 1.85. The topological polar surface area (TPSA) is 41.0 Å². The third-order valence-electron chi connectivity index (χ3n) is 3.22. The van der Waals surface area contributed by atoms with Gasteiger partial charge in [0.2, 0.25) is 5.28 Å². The molecule has 2 rings (SSSR count). The van der Waals surface area contributed by atoms with E-state index in [1.807, 2.05) is 13.0 Å². The van der Waals surface area contributed by atoms with Crippen LogP contribution in [0.5, 0.6) is 0 Å². The largest absolute Gasteiger partial charge is 0.370 e. The summed E-state index contributed by atoms with van der Waals surface area (Å²) in [6.07, 6.45) is 1.26. The van der Waals surface area contributed by atoms with Crippen molar-refractivity contribution < 1.29 is 0 Å². The quantitative estimate of drug-likeness (QED) is 0.837. The van der Waals surface area contributed by atoms with Crippen molar-refractivity contribution in [2.75, 3.05) is 31.5 Å². The van der Waals surface area contributed by atoms with Crippen LogP contribution in [0.2, 0.25) is 5.28 Å². The van der Waals surface area contributed by atoms with Gasteiger partial charge < -0.3 is 10.2 Å². The number of aryl methyl sites for hydroxylation is 1. The predicted molar refractivity (Wildman–Crippen MR) is 70.5 cm³/mol. The highest BCUT2D eigenvalue weighted by Gasteiger charge is 2.20. The zero-order valence-electron chi connectivity index (χ0n) is 10.4. The third kappa shape index (κ3) is 3.54. The molecule has 17 heavy (non-hydrogen) atoms. The fourth-order valence-electron chi connectivity index (χ4n) is 2.24. The van der Waals surface area contributed by atoms with E-state index in [0.29, 0.717) is 11.2 Å². The highest BCUT2D eigenvalue weighted by Crippen LogP contribution is 2.17. The molecule has 0 radical (unpaired) electrons. The minimum atomic E-state index is 0.314. The van der Waals surface area contributed by atoms with Gasteiger partial charge in [0.15, 0.2) is 0 Å². The number of likely N-dealkylation sites (tertiary alicyclic amines) is 1. The summed E-state index contributed by atoms with van der Waals surface area (Å²) in [5.41, 5.74) is 0.897. The lowest BCUT2D eigenvalue weighted by molar-refractivity contribution is 0.345. The molecule has 0 saturated carbocycles. The van der Waals surface area contributed by atoms with Gasteiger partial charge in [-0.2, -0.15) is 0 Å². The number of nitrogens with one attached hydrogen (secondary N) is 1. The van der Waals surface area contributed by atoms with Gasteiger partial charge in [-0.15, -0.1) is 0 Å². The molecule has 4 nitrogen and oxygen atoms in total. The van der Waals surface area contributed by atoms with Crippen LogP contribution < -0.4 is 5.32 Å². The second-order valence-corrected chi connectivity index (χ2v) is 4.93. The number of rotatable bonds is 4. The van der Waals surface area contributed by atoms with Crippen molar-refractivity contribution in [2.24, 2.45) is 5.92 Å². The molecule has 2 heterocycles. The normalized spacial score (nSPS) is 20.8. The molecule has 1 aromatic rings. The Bertz CT molecular complexity index is 363. The van der Waals surface area contributed by atoms with Gasteiger partial charge in [-0.1, -0.05) is 6.92 Å². The monoisotopic (exact) mass is 254 g/mol. The molecular weight excluding hydrogens is 236 g/mol. The van der Waals surface area contributed by atoms with Crippen LogP contribution >= 0.6 is 11.6 Å². The summed E-state index contributed by atoms with van der Waals surface area (Å²) in [6, 6.07) is 1.93. The molecule has 0 bridgehead atoms. The summed E-state index contributed by atoms with van der Waals surface area (Å²) >= 11 is 5.82. The summed E-state index contributed by atoms with van der Waals surface area (Å²) < 4.78 is 0. The molecule has 0 spiro atoms. The van der Waals surface area contributed by atoms with E-state index in [-0.39, 0.29) is 0 Å². The SMILES string of the molecule is CCN1CCC(CNc2cc(C)nc(Cl)n2)C1. The van der Waals surface area contributed by atoms with Crippen LogP contribution in [0.25, 0.3) is 0 Å². The average molecular weight is 255 g/mol. The molecule has 1 saturated heterocycles. The molecule has 1 fully saturated rings. The Labute approximate surface area is 107 Å². The Morgan fingerprint density at radius 3 is 3.00 bits per heavy atom. The van der Waals surface area contributed by atoms with E-state index in [4.69, 9.17) is 11.6 Å². The van der Waals surface area contributed by atoms with Gasteiger partial charge in [-0.25, -0.2) is 9.97 Å². The molecule has 1 aromatic heterocycles. The number of hydrogen-bond acceptors (Lipinski definition) is 4. The minimum absolute atomic E-state index is 0.314. The lowest BCUT2D eigenvalue weighted by atomic mass is 10.1. The van der Waals surface area contributed by atoms with Crippen molar-refractivity contribution in [1.82, 2.24) is 14.9 Å². The molecule has 0 amide bonds. The van der Waals surface area contributed by atoms with E-state index in [1.165, 1.54) is 19.5 Å². The van der Waals surface area contributed by atoms with E-state index in [0.717, 1.165) is 24.6 Å². The molecule has 1 N–H and O–H groups in total. The second-order valence-electron chi connectivity index (χ2n) is 4.59. The summed E-state index contributed by atoms with van der Waals surface area (Å²) in [6.45, 7) is 8.64. The van der Waals surface area contributed by atoms with Gasteiger partial charge in [-0.3, -0.25) is 0 Å². The average Bonchev–Trinajstić information content (AvgIpc) is 2.73. The Kier molecular flexibility index (Phi) is 4.18. The molecule has 1 atom stereocenters. The van der Waals surface area contributed by atoms with Gasteiger partial charge in [0.1, 0.15) is 5.82 Å². The first-order valence-corrected chi connectivity index (χ1v) is 6.52. The van der Waals surface area contributed by atoms with Crippen LogP contribution in [-0.4, -0.2) is 41.0 Å². The predicted octanol–water partition coefficient (Wildman–Crippen LogP) is 2.19. The number of aromatic nitrogens is 2. The zero-order chi connectivity index (χ0) is 12.3.